The van der Waals surface area contributed by atoms with Crippen LogP contribution in [0, 0.1) is 5.92 Å². The number of rotatable bonds is 8. The molecule has 0 aromatic rings. The van der Waals surface area contributed by atoms with E-state index in [1.807, 2.05) is 13.8 Å². The molecule has 0 spiro atoms. The number of carbonyl (C=O) groups excluding carboxylic acids is 2. The van der Waals surface area contributed by atoms with E-state index in [9.17, 15) is 9.59 Å². The Bertz CT molecular complexity index is 349. The van der Waals surface area contributed by atoms with Gasteiger partial charge in [-0.15, -0.1) is 0 Å². The van der Waals surface area contributed by atoms with Crippen molar-refractivity contribution < 1.29 is 19.1 Å². The van der Waals surface area contributed by atoms with E-state index in [2.05, 4.69) is 12.8 Å². The lowest BCUT2D eigenvalue weighted by Gasteiger charge is -2.28. The first kappa shape index (κ1) is 19.2. The molecule has 0 aliphatic carbocycles. The average Bonchev–Trinajstić information content (AvgIpc) is 2.42. The van der Waals surface area contributed by atoms with Crippen LogP contribution in [0.3, 0.4) is 0 Å². The van der Waals surface area contributed by atoms with Crippen molar-refractivity contribution in [1.29, 1.82) is 0 Å². The summed E-state index contributed by atoms with van der Waals surface area (Å²) in [6.07, 6.45) is 0.692. The minimum absolute atomic E-state index is 0.0601. The van der Waals surface area contributed by atoms with Gasteiger partial charge in [0.05, 0.1) is 19.6 Å². The number of thiol groups is 1. The minimum atomic E-state index is -0.838. The summed E-state index contributed by atoms with van der Waals surface area (Å²) in [5.41, 5.74) is 0. The standard InChI is InChI=1S/C13H23NO4S2/c1-5-9(4)14(20)12(19)10(13(16)18-7-3)8-11(15)17-6-2/h9-10,20H,5-8H2,1-4H3. The number of thiocarbonyl (C=S) groups is 1. The van der Waals surface area contributed by atoms with Crippen LogP contribution in [0.25, 0.3) is 0 Å². The van der Waals surface area contributed by atoms with Gasteiger partial charge in [0.25, 0.3) is 0 Å². The van der Waals surface area contributed by atoms with Gasteiger partial charge in [-0.05, 0) is 27.2 Å². The van der Waals surface area contributed by atoms with Crippen molar-refractivity contribution in [3.8, 4) is 0 Å². The SMILES string of the molecule is CCOC(=O)CC(C(=O)OCC)C(=S)N(S)C(C)CC. The predicted octanol–water partition coefficient (Wildman–Crippen LogP) is 2.39. The summed E-state index contributed by atoms with van der Waals surface area (Å²) in [5.74, 6) is -1.83. The summed E-state index contributed by atoms with van der Waals surface area (Å²) in [6, 6.07) is 0.0601. The maximum Gasteiger partial charge on any atom is 0.316 e. The van der Waals surface area contributed by atoms with Gasteiger partial charge in [-0.25, -0.2) is 0 Å². The van der Waals surface area contributed by atoms with E-state index >= 15 is 0 Å². The maximum atomic E-state index is 12.0. The highest BCUT2D eigenvalue weighted by Gasteiger charge is 2.31. The van der Waals surface area contributed by atoms with E-state index in [1.54, 1.807) is 13.8 Å². The molecule has 0 rings (SSSR count). The molecule has 0 saturated carbocycles. The first-order valence-electron chi connectivity index (χ1n) is 6.73. The molecule has 0 fully saturated rings. The lowest BCUT2D eigenvalue weighted by Crippen LogP contribution is -2.39. The number of hydrogen-bond acceptors (Lipinski definition) is 6. The molecule has 5 nitrogen and oxygen atoms in total. The monoisotopic (exact) mass is 321 g/mol. The van der Waals surface area contributed by atoms with Crippen molar-refractivity contribution in [2.45, 2.75) is 46.6 Å². The molecule has 0 aromatic carbocycles. The zero-order valence-electron chi connectivity index (χ0n) is 12.4. The van der Waals surface area contributed by atoms with E-state index in [0.717, 1.165) is 6.42 Å². The van der Waals surface area contributed by atoms with E-state index in [-0.39, 0.29) is 30.7 Å². The van der Waals surface area contributed by atoms with Crippen molar-refractivity contribution in [2.75, 3.05) is 13.2 Å². The van der Waals surface area contributed by atoms with Gasteiger partial charge in [-0.1, -0.05) is 32.0 Å². The van der Waals surface area contributed by atoms with E-state index in [4.69, 9.17) is 21.7 Å². The minimum Gasteiger partial charge on any atom is -0.466 e. The third-order valence-corrected chi connectivity index (χ3v) is 4.01. The maximum absolute atomic E-state index is 12.0. The molecule has 0 N–H and O–H groups in total. The van der Waals surface area contributed by atoms with Crippen molar-refractivity contribution in [3.63, 3.8) is 0 Å². The van der Waals surface area contributed by atoms with Crippen LogP contribution < -0.4 is 0 Å². The van der Waals surface area contributed by atoms with Crippen LogP contribution in [0.2, 0.25) is 0 Å². The van der Waals surface area contributed by atoms with Gasteiger partial charge in [0, 0.05) is 6.04 Å². The normalized spacial score (nSPS) is 13.2. The number of hydrogen-bond donors (Lipinski definition) is 1. The van der Waals surface area contributed by atoms with Gasteiger partial charge >= 0.3 is 11.9 Å². The van der Waals surface area contributed by atoms with Crippen LogP contribution in [-0.2, 0) is 19.1 Å². The second kappa shape index (κ2) is 9.99. The first-order valence-corrected chi connectivity index (χ1v) is 7.53. The van der Waals surface area contributed by atoms with Crippen molar-refractivity contribution in [3.05, 3.63) is 0 Å². The van der Waals surface area contributed by atoms with Crippen LogP contribution in [-0.4, -0.2) is 40.5 Å². The highest BCUT2D eigenvalue weighted by molar-refractivity contribution is 7.84. The fourth-order valence-electron chi connectivity index (χ4n) is 1.45. The van der Waals surface area contributed by atoms with Crippen LogP contribution >= 0.6 is 25.0 Å². The molecule has 2 unspecified atom stereocenters. The fraction of sp³-hybridized carbons (Fsp3) is 0.769. The smallest absolute Gasteiger partial charge is 0.316 e. The molecule has 0 aliphatic rings. The Morgan fingerprint density at radius 3 is 2.20 bits per heavy atom. The molecule has 2 atom stereocenters. The Hall–Kier alpha value is -0.820. The Labute approximate surface area is 131 Å². The molecular formula is C13H23NO4S2. The molecule has 20 heavy (non-hydrogen) atoms. The molecule has 116 valence electrons. The average molecular weight is 321 g/mol. The second-order valence-corrected chi connectivity index (χ2v) is 5.10. The Balaban J connectivity index is 4.96. The summed E-state index contributed by atoms with van der Waals surface area (Å²) in [7, 11) is 0. The molecule has 0 heterocycles. The van der Waals surface area contributed by atoms with Crippen LogP contribution in [0.4, 0.5) is 0 Å². The summed E-state index contributed by atoms with van der Waals surface area (Å²) in [6.45, 7) is 7.83. The largest absolute Gasteiger partial charge is 0.466 e. The Morgan fingerprint density at radius 1 is 1.20 bits per heavy atom. The fourth-order valence-corrected chi connectivity index (χ4v) is 2.11. The molecule has 0 aliphatic heterocycles. The number of carbonyl (C=O) groups is 2. The number of ether oxygens (including phenoxy) is 2. The predicted molar refractivity (Wildman–Crippen MR) is 84.5 cm³/mol. The van der Waals surface area contributed by atoms with Gasteiger partial charge < -0.3 is 13.8 Å². The quantitative estimate of drug-likeness (QED) is 0.421. The lowest BCUT2D eigenvalue weighted by molar-refractivity contribution is -0.152. The summed E-state index contributed by atoms with van der Waals surface area (Å²) in [4.78, 5) is 23.8. The van der Waals surface area contributed by atoms with E-state index in [0.29, 0.717) is 0 Å². The van der Waals surface area contributed by atoms with Crippen molar-refractivity contribution in [1.82, 2.24) is 4.31 Å². The Kier molecular flexibility index (Phi) is 9.58. The topological polar surface area (TPSA) is 55.8 Å². The molecule has 0 saturated heterocycles. The molecule has 0 amide bonds. The van der Waals surface area contributed by atoms with Gasteiger partial charge in [-0.3, -0.25) is 9.59 Å². The highest BCUT2D eigenvalue weighted by atomic mass is 32.1. The van der Waals surface area contributed by atoms with Gasteiger partial charge in [0.15, 0.2) is 0 Å². The zero-order chi connectivity index (χ0) is 15.7. The molecule has 0 radical (unpaired) electrons. The van der Waals surface area contributed by atoms with E-state index < -0.39 is 17.9 Å². The molecular weight excluding hydrogens is 298 g/mol. The summed E-state index contributed by atoms with van der Waals surface area (Å²) >= 11 is 9.58. The molecule has 7 heteroatoms. The number of esters is 2. The number of nitrogens with zero attached hydrogens (tertiary/aromatic N) is 1. The summed E-state index contributed by atoms with van der Waals surface area (Å²) in [5, 5.41) is 0. The summed E-state index contributed by atoms with van der Waals surface area (Å²) < 4.78 is 11.4. The van der Waals surface area contributed by atoms with Crippen molar-refractivity contribution >= 4 is 42.0 Å². The lowest BCUT2D eigenvalue weighted by atomic mass is 10.0. The van der Waals surface area contributed by atoms with Crippen LogP contribution in [0.15, 0.2) is 0 Å². The van der Waals surface area contributed by atoms with Gasteiger partial charge in [0.2, 0.25) is 0 Å². The highest BCUT2D eigenvalue weighted by Crippen LogP contribution is 2.18. The first-order chi connectivity index (χ1) is 9.38. The van der Waals surface area contributed by atoms with Crippen molar-refractivity contribution in [2.24, 2.45) is 5.92 Å². The van der Waals surface area contributed by atoms with Crippen LogP contribution in [0.5, 0.6) is 0 Å². The van der Waals surface area contributed by atoms with Gasteiger partial charge in [0.1, 0.15) is 10.9 Å². The van der Waals surface area contributed by atoms with Gasteiger partial charge in [-0.2, -0.15) is 0 Å². The second-order valence-electron chi connectivity index (χ2n) is 4.25. The van der Waals surface area contributed by atoms with Crippen LogP contribution in [0.1, 0.15) is 40.5 Å². The third kappa shape index (κ3) is 6.09. The zero-order valence-corrected chi connectivity index (χ0v) is 14.1. The Morgan fingerprint density at radius 2 is 1.75 bits per heavy atom. The molecule has 0 aromatic heterocycles. The third-order valence-electron chi connectivity index (χ3n) is 2.78. The molecule has 0 bridgehead atoms. The van der Waals surface area contributed by atoms with E-state index in [1.165, 1.54) is 4.31 Å².